The van der Waals surface area contributed by atoms with Crippen LogP contribution in [0.25, 0.3) is 0 Å². The first kappa shape index (κ1) is 59.4. The molecule has 5 N–H and O–H groups in total. The average molecular weight is 1020 g/mol. The summed E-state index contributed by atoms with van der Waals surface area (Å²) in [6.07, 6.45) is 10.9. The predicted molar refractivity (Wildman–Crippen MR) is 277 cm³/mol. The molecule has 0 spiro atoms. The summed E-state index contributed by atoms with van der Waals surface area (Å²) >= 11 is 3.14. The Bertz CT molecular complexity index is 2160. The third-order valence-corrected chi connectivity index (χ3v) is 13.1. The molecule has 0 unspecified atom stereocenters. The Labute approximate surface area is 426 Å². The number of benzene rings is 2. The lowest BCUT2D eigenvalue weighted by molar-refractivity contribution is -0.145. The second-order valence-electron chi connectivity index (χ2n) is 17.2. The molecule has 0 fully saturated rings. The molecule has 388 valence electrons. The average Bonchev–Trinajstić information content (AvgIpc) is 3.89. The Kier molecular flexibility index (Phi) is 28.1. The minimum atomic E-state index is -1.05. The van der Waals surface area contributed by atoms with Crippen LogP contribution in [0.3, 0.4) is 0 Å². The van der Waals surface area contributed by atoms with Crippen molar-refractivity contribution in [1.29, 1.82) is 0 Å². The van der Waals surface area contributed by atoms with Crippen molar-refractivity contribution in [2.75, 3.05) is 57.3 Å². The first-order chi connectivity index (χ1) is 34.2. The molecule has 2 aromatic heterocycles. The Balaban J connectivity index is 0.000000375. The lowest BCUT2D eigenvalue weighted by Gasteiger charge is -2.31. The largest absolute Gasteiger partial charge is 0.480 e. The van der Waals surface area contributed by atoms with E-state index in [1.54, 1.807) is 36.3 Å². The zero-order chi connectivity index (χ0) is 52.0. The zero-order valence-corrected chi connectivity index (χ0v) is 43.7. The van der Waals surface area contributed by atoms with Gasteiger partial charge in [0.15, 0.2) is 0 Å². The molecule has 0 aliphatic rings. The number of aliphatic carboxylic acids is 1. The van der Waals surface area contributed by atoms with Gasteiger partial charge in [0.05, 0.1) is 25.8 Å². The number of nitrogens with zero attached hydrogens (tertiary/aromatic N) is 7. The van der Waals surface area contributed by atoms with Gasteiger partial charge in [-0.05, 0) is 82.4 Å². The Morgan fingerprint density at radius 1 is 0.704 bits per heavy atom. The second-order valence-corrected chi connectivity index (χ2v) is 19.2. The number of thioether (sulfide) groups is 2. The number of carboxylic acid groups (broad SMARTS) is 1. The van der Waals surface area contributed by atoms with Gasteiger partial charge in [0.1, 0.15) is 25.0 Å². The van der Waals surface area contributed by atoms with Gasteiger partial charge in [-0.1, -0.05) is 101 Å². The van der Waals surface area contributed by atoms with Crippen LogP contribution in [0, 0.1) is 11.8 Å². The standard InChI is InChI=1S/C27H38N4O4S.C23H35N7O4S/c1-5-20(2)24(30-26(33)22-12-9-14-28-16-22)18-31(17-21-10-7-6-8-11-21)19-25(32)29-23(13-15-36-4)27(34)35-3;1-4-17(2)20(26-22(32)15-30-16-24-27-28-30)13-29(12-18-8-6-5-7-9-18)14-21(31)25-19(23(33)34)10-11-35-3/h6-12,14,16,20,23-24H,5,13,15,17-19H2,1-4H3,(H,29,32)(H,30,33);5-9,16-17,19-20H,4,10-15H2,1-3H3,(H,25,31)(H,26,32)(H,33,34)/t20-,23-,24+;17-,19-,20+/m00/s1. The number of aromatic nitrogens is 5. The number of hydrogen-bond donors (Lipinski definition) is 5. The second kappa shape index (κ2) is 33.6. The summed E-state index contributed by atoms with van der Waals surface area (Å²) in [6.45, 7) is 10.2. The first-order valence-corrected chi connectivity index (χ1v) is 26.6. The maximum Gasteiger partial charge on any atom is 0.328 e. The van der Waals surface area contributed by atoms with Crippen molar-refractivity contribution >= 4 is 59.1 Å². The molecule has 2 heterocycles. The predicted octanol–water partition coefficient (Wildman–Crippen LogP) is 4.17. The molecule has 0 radical (unpaired) electrons. The number of esters is 1. The van der Waals surface area contributed by atoms with Crippen molar-refractivity contribution in [3.05, 3.63) is 108 Å². The normalized spacial score (nSPS) is 13.6. The van der Waals surface area contributed by atoms with Gasteiger partial charge >= 0.3 is 11.9 Å². The molecule has 0 aliphatic carbocycles. The number of methoxy groups -OCH3 is 1. The number of rotatable bonds is 31. The van der Waals surface area contributed by atoms with Crippen molar-refractivity contribution < 1.29 is 38.6 Å². The highest BCUT2D eigenvalue weighted by Crippen LogP contribution is 2.16. The third-order valence-electron chi connectivity index (χ3n) is 11.8. The molecule has 4 amide bonds. The van der Waals surface area contributed by atoms with Crippen molar-refractivity contribution in [2.45, 2.75) is 97.2 Å². The lowest BCUT2D eigenvalue weighted by Crippen LogP contribution is -2.51. The molecule has 4 aromatic rings. The highest BCUT2D eigenvalue weighted by molar-refractivity contribution is 7.98. The van der Waals surface area contributed by atoms with Crippen LogP contribution < -0.4 is 21.3 Å². The van der Waals surface area contributed by atoms with Crippen LogP contribution in [0.15, 0.2) is 91.5 Å². The van der Waals surface area contributed by atoms with E-state index in [9.17, 15) is 33.9 Å². The molecular formula is C50H73N11O8S2. The number of amides is 4. The molecule has 0 saturated heterocycles. The molecule has 4 rings (SSSR count). The van der Waals surface area contributed by atoms with E-state index >= 15 is 0 Å². The minimum absolute atomic E-state index is 0.00512. The molecule has 21 heteroatoms. The fourth-order valence-corrected chi connectivity index (χ4v) is 8.26. The number of pyridine rings is 1. The van der Waals surface area contributed by atoms with Gasteiger partial charge in [-0.15, -0.1) is 5.10 Å². The Morgan fingerprint density at radius 2 is 1.23 bits per heavy atom. The molecule has 19 nitrogen and oxygen atoms in total. The Hall–Kier alpha value is -5.90. The van der Waals surface area contributed by atoms with Crippen LogP contribution in [0.1, 0.15) is 74.9 Å². The van der Waals surface area contributed by atoms with Crippen LogP contribution in [0.4, 0.5) is 0 Å². The number of hydrogen-bond acceptors (Lipinski definition) is 15. The van der Waals surface area contributed by atoms with Crippen molar-refractivity contribution in [3.63, 3.8) is 0 Å². The molecule has 6 atom stereocenters. The smallest absolute Gasteiger partial charge is 0.328 e. The third kappa shape index (κ3) is 23.3. The van der Waals surface area contributed by atoms with Crippen molar-refractivity contribution in [3.8, 4) is 0 Å². The quantitative estimate of drug-likeness (QED) is 0.0445. The lowest BCUT2D eigenvalue weighted by atomic mass is 9.97. The van der Waals surface area contributed by atoms with E-state index in [1.807, 2.05) is 96.8 Å². The van der Waals surface area contributed by atoms with Gasteiger partial charge < -0.3 is 31.1 Å². The summed E-state index contributed by atoms with van der Waals surface area (Å²) in [7, 11) is 1.32. The number of carbonyl (C=O) groups is 6. The van der Waals surface area contributed by atoms with E-state index in [0.717, 1.165) is 29.7 Å². The van der Waals surface area contributed by atoms with Gasteiger partial charge in [0.2, 0.25) is 17.7 Å². The van der Waals surface area contributed by atoms with Gasteiger partial charge in [0, 0.05) is 50.7 Å². The topological polar surface area (TPSA) is 243 Å². The monoisotopic (exact) mass is 1020 g/mol. The SMILES string of the molecule is CC[C@H](C)[C@@H](CN(CC(=O)N[C@@H](CCSC)C(=O)O)Cc1ccccc1)NC(=O)Cn1cnnn1.CC[C@H](C)[C@@H](CN(CC(=O)N[C@@H](CCSC)C(=O)OC)Cc1ccccc1)NC(=O)c1cccnc1. The summed E-state index contributed by atoms with van der Waals surface area (Å²) < 4.78 is 6.22. The van der Waals surface area contributed by atoms with E-state index in [0.29, 0.717) is 50.3 Å². The fourth-order valence-electron chi connectivity index (χ4n) is 7.32. The van der Waals surface area contributed by atoms with E-state index in [1.165, 1.54) is 29.9 Å². The number of nitrogens with one attached hydrogen (secondary N) is 4. The molecule has 0 bridgehead atoms. The van der Waals surface area contributed by atoms with Crippen LogP contribution in [-0.2, 0) is 48.3 Å². The summed E-state index contributed by atoms with van der Waals surface area (Å²) in [5.41, 5.74) is 2.56. The maximum absolute atomic E-state index is 13.0. The molecular weight excluding hydrogens is 947 g/mol. The van der Waals surface area contributed by atoms with Gasteiger partial charge in [-0.3, -0.25) is 34.0 Å². The Morgan fingerprint density at radius 3 is 1.68 bits per heavy atom. The van der Waals surface area contributed by atoms with Crippen molar-refractivity contribution in [2.24, 2.45) is 11.8 Å². The van der Waals surface area contributed by atoms with Gasteiger partial charge in [-0.25, -0.2) is 14.3 Å². The number of carbonyl (C=O) groups excluding carboxylic acids is 5. The number of tetrazole rings is 1. The van der Waals surface area contributed by atoms with Crippen molar-refractivity contribution in [1.82, 2.24) is 56.3 Å². The van der Waals surface area contributed by atoms with Crippen LogP contribution in [0.2, 0.25) is 0 Å². The number of ether oxygens (including phenoxy) is 1. The van der Waals surface area contributed by atoms with Crippen LogP contribution >= 0.6 is 23.5 Å². The van der Waals surface area contributed by atoms with Gasteiger partial charge in [0.25, 0.3) is 5.91 Å². The van der Waals surface area contributed by atoms with E-state index in [-0.39, 0.29) is 67.2 Å². The minimum Gasteiger partial charge on any atom is -0.480 e. The van der Waals surface area contributed by atoms with Crippen LogP contribution in [-0.4, -0.2) is 157 Å². The molecule has 71 heavy (non-hydrogen) atoms. The summed E-state index contributed by atoms with van der Waals surface area (Å²) in [5.74, 6) is -0.865. The first-order valence-electron chi connectivity index (χ1n) is 23.8. The zero-order valence-electron chi connectivity index (χ0n) is 42.1. The highest BCUT2D eigenvalue weighted by atomic mass is 32.2. The number of carboxylic acids is 1. The summed E-state index contributed by atoms with van der Waals surface area (Å²) in [6, 6.07) is 21.0. The summed E-state index contributed by atoms with van der Waals surface area (Å²) in [5, 5.41) is 32.0. The fraction of sp³-hybridized carbons (Fsp3) is 0.520. The van der Waals surface area contributed by atoms with E-state index in [2.05, 4.69) is 55.6 Å². The van der Waals surface area contributed by atoms with E-state index in [4.69, 9.17) is 4.74 Å². The summed E-state index contributed by atoms with van der Waals surface area (Å²) in [4.78, 5) is 83.1. The molecule has 0 saturated carbocycles. The van der Waals surface area contributed by atoms with E-state index < -0.39 is 24.0 Å². The van der Waals surface area contributed by atoms with Gasteiger partial charge in [-0.2, -0.15) is 23.5 Å². The molecule has 2 aromatic carbocycles. The van der Waals surface area contributed by atoms with Crippen LogP contribution in [0.5, 0.6) is 0 Å². The maximum atomic E-state index is 13.0. The highest BCUT2D eigenvalue weighted by Gasteiger charge is 2.28. The molecule has 0 aliphatic heterocycles.